The van der Waals surface area contributed by atoms with Crippen molar-refractivity contribution in [1.82, 2.24) is 14.9 Å². The first-order valence-corrected chi connectivity index (χ1v) is 9.47. The van der Waals surface area contributed by atoms with Crippen LogP contribution in [0.1, 0.15) is 22.6 Å². The molecule has 2 aliphatic rings. The third kappa shape index (κ3) is 3.45. The zero-order valence-corrected chi connectivity index (χ0v) is 15.0. The zero-order valence-electron chi connectivity index (χ0n) is 14.1. The molecule has 1 spiro atoms. The second-order valence-electron chi connectivity index (χ2n) is 6.84. The minimum absolute atomic E-state index is 0.0691. The molecule has 2 aromatic heterocycles. The van der Waals surface area contributed by atoms with Gasteiger partial charge in [-0.25, -0.2) is 4.98 Å². The van der Waals surface area contributed by atoms with Crippen molar-refractivity contribution in [3.63, 3.8) is 0 Å². The molecular weight excluding hydrogens is 320 g/mol. The molecule has 1 atom stereocenters. The number of morpholine rings is 1. The fourth-order valence-electron chi connectivity index (χ4n) is 3.84. The Morgan fingerprint density at radius 3 is 3.00 bits per heavy atom. The Kier molecular flexibility index (Phi) is 4.52. The summed E-state index contributed by atoms with van der Waals surface area (Å²) < 4.78 is 6.30. The number of thiophene rings is 1. The van der Waals surface area contributed by atoms with Crippen LogP contribution in [-0.2, 0) is 11.3 Å². The highest BCUT2D eigenvalue weighted by Crippen LogP contribution is 2.31. The molecule has 0 bridgehead atoms. The molecule has 2 aromatic rings. The van der Waals surface area contributed by atoms with Crippen LogP contribution >= 0.6 is 11.3 Å². The quantitative estimate of drug-likeness (QED) is 0.856. The average molecular weight is 344 g/mol. The summed E-state index contributed by atoms with van der Waals surface area (Å²) in [5.41, 5.74) is -0.0691. The fraction of sp³-hybridized carbons (Fsp3) is 0.556. The van der Waals surface area contributed by atoms with Gasteiger partial charge in [0.15, 0.2) is 0 Å². The van der Waals surface area contributed by atoms with E-state index >= 15 is 0 Å². The van der Waals surface area contributed by atoms with Crippen LogP contribution in [0.15, 0.2) is 30.7 Å². The van der Waals surface area contributed by atoms with Gasteiger partial charge in [0.05, 0.1) is 18.4 Å². The second-order valence-corrected chi connectivity index (χ2v) is 8.22. The van der Waals surface area contributed by atoms with E-state index in [2.05, 4.69) is 38.8 Å². The van der Waals surface area contributed by atoms with Crippen molar-refractivity contribution in [2.24, 2.45) is 0 Å². The molecule has 2 aliphatic heterocycles. The Morgan fingerprint density at radius 1 is 1.25 bits per heavy atom. The molecule has 6 heteroatoms. The second kappa shape index (κ2) is 6.78. The monoisotopic (exact) mass is 344 g/mol. The summed E-state index contributed by atoms with van der Waals surface area (Å²) in [6, 6.07) is 4.47. The molecule has 0 aromatic carbocycles. The van der Waals surface area contributed by atoms with E-state index in [1.54, 1.807) is 12.4 Å². The van der Waals surface area contributed by atoms with Gasteiger partial charge in [0.1, 0.15) is 5.82 Å². The molecule has 1 unspecified atom stereocenters. The molecule has 0 N–H and O–H groups in total. The Morgan fingerprint density at radius 2 is 2.21 bits per heavy atom. The normalized spacial score (nSPS) is 25.3. The summed E-state index contributed by atoms with van der Waals surface area (Å²) in [4.78, 5) is 16.4. The van der Waals surface area contributed by atoms with E-state index in [0.717, 1.165) is 58.0 Å². The van der Waals surface area contributed by atoms with Crippen LogP contribution in [0.2, 0.25) is 0 Å². The third-order valence-corrected chi connectivity index (χ3v) is 5.90. The van der Waals surface area contributed by atoms with E-state index in [1.165, 1.54) is 9.75 Å². The molecule has 0 aliphatic carbocycles. The molecule has 2 fully saturated rings. The number of hydrogen-bond donors (Lipinski definition) is 0. The third-order valence-electron chi connectivity index (χ3n) is 4.92. The highest BCUT2D eigenvalue weighted by Gasteiger charge is 2.40. The van der Waals surface area contributed by atoms with Crippen LogP contribution < -0.4 is 4.90 Å². The molecule has 128 valence electrons. The van der Waals surface area contributed by atoms with E-state index in [-0.39, 0.29) is 5.60 Å². The van der Waals surface area contributed by atoms with Crippen molar-refractivity contribution < 1.29 is 4.74 Å². The predicted molar refractivity (Wildman–Crippen MR) is 96.5 cm³/mol. The summed E-state index contributed by atoms with van der Waals surface area (Å²) in [7, 11) is 0. The standard InChI is InChI=1S/C18H24N4OS/c1-15-3-4-16(24-15)12-21-9-10-23-18(13-21)5-2-8-22(14-18)17-11-19-6-7-20-17/h3-4,6-7,11H,2,5,8-10,12-14H2,1H3. The van der Waals surface area contributed by atoms with Crippen molar-refractivity contribution >= 4 is 17.2 Å². The van der Waals surface area contributed by atoms with Crippen molar-refractivity contribution in [2.45, 2.75) is 31.9 Å². The summed E-state index contributed by atoms with van der Waals surface area (Å²) in [6.45, 7) is 7.99. The lowest BCUT2D eigenvalue weighted by atomic mass is 9.90. The van der Waals surface area contributed by atoms with Crippen molar-refractivity contribution in [3.05, 3.63) is 40.5 Å². The van der Waals surface area contributed by atoms with Crippen LogP contribution in [0.5, 0.6) is 0 Å². The molecule has 0 saturated carbocycles. The highest BCUT2D eigenvalue weighted by atomic mass is 32.1. The minimum atomic E-state index is -0.0691. The van der Waals surface area contributed by atoms with Gasteiger partial charge in [-0.05, 0) is 31.9 Å². The van der Waals surface area contributed by atoms with Gasteiger partial charge in [0.2, 0.25) is 0 Å². The highest BCUT2D eigenvalue weighted by molar-refractivity contribution is 7.11. The van der Waals surface area contributed by atoms with Gasteiger partial charge in [-0.15, -0.1) is 11.3 Å². The van der Waals surface area contributed by atoms with E-state index in [4.69, 9.17) is 4.74 Å². The maximum atomic E-state index is 6.30. The molecule has 0 amide bonds. The van der Waals surface area contributed by atoms with Crippen LogP contribution in [0.3, 0.4) is 0 Å². The molecule has 24 heavy (non-hydrogen) atoms. The number of nitrogens with zero attached hydrogens (tertiary/aromatic N) is 4. The maximum Gasteiger partial charge on any atom is 0.147 e. The lowest BCUT2D eigenvalue weighted by molar-refractivity contribution is -0.116. The van der Waals surface area contributed by atoms with Crippen LogP contribution in [0, 0.1) is 6.92 Å². The fourth-order valence-corrected chi connectivity index (χ4v) is 4.78. The van der Waals surface area contributed by atoms with Gasteiger partial charge in [-0.1, -0.05) is 0 Å². The number of anilines is 1. The molecule has 5 nitrogen and oxygen atoms in total. The van der Waals surface area contributed by atoms with E-state index in [0.29, 0.717) is 0 Å². The summed E-state index contributed by atoms with van der Waals surface area (Å²) in [5, 5.41) is 0. The molecule has 2 saturated heterocycles. The van der Waals surface area contributed by atoms with Gasteiger partial charge in [-0.3, -0.25) is 9.88 Å². The van der Waals surface area contributed by atoms with Gasteiger partial charge in [-0.2, -0.15) is 0 Å². The Labute approximate surface area is 147 Å². The molecule has 0 radical (unpaired) electrons. The predicted octanol–water partition coefficient (Wildman–Crippen LogP) is 2.72. The lowest BCUT2D eigenvalue weighted by Crippen LogP contribution is -2.59. The van der Waals surface area contributed by atoms with Gasteiger partial charge < -0.3 is 9.64 Å². The summed E-state index contributed by atoms with van der Waals surface area (Å²) >= 11 is 1.90. The number of aryl methyl sites for hydroxylation is 1. The Bertz CT molecular complexity index is 673. The molecule has 4 heterocycles. The van der Waals surface area contributed by atoms with Gasteiger partial charge >= 0.3 is 0 Å². The van der Waals surface area contributed by atoms with Crippen molar-refractivity contribution in [1.29, 1.82) is 0 Å². The molecular formula is C18H24N4OS. The Balaban J connectivity index is 1.45. The van der Waals surface area contributed by atoms with Gasteiger partial charge in [0.25, 0.3) is 0 Å². The van der Waals surface area contributed by atoms with Gasteiger partial charge in [0, 0.05) is 54.9 Å². The number of rotatable bonds is 3. The minimum Gasteiger partial charge on any atom is -0.370 e. The van der Waals surface area contributed by atoms with E-state index in [1.807, 2.05) is 17.5 Å². The SMILES string of the molecule is Cc1ccc(CN2CCOC3(CCCN(c4cnccn4)C3)C2)s1. The topological polar surface area (TPSA) is 41.5 Å². The largest absolute Gasteiger partial charge is 0.370 e. The number of hydrogen-bond acceptors (Lipinski definition) is 6. The number of piperidine rings is 1. The average Bonchev–Trinajstić information content (AvgIpc) is 3.01. The first-order chi connectivity index (χ1) is 11.7. The van der Waals surface area contributed by atoms with Crippen LogP contribution in [0.25, 0.3) is 0 Å². The first-order valence-electron chi connectivity index (χ1n) is 8.65. The smallest absolute Gasteiger partial charge is 0.147 e. The summed E-state index contributed by atoms with van der Waals surface area (Å²) in [5.74, 6) is 0.964. The molecule has 4 rings (SSSR count). The first kappa shape index (κ1) is 16.0. The van der Waals surface area contributed by atoms with Crippen LogP contribution in [0.4, 0.5) is 5.82 Å². The van der Waals surface area contributed by atoms with E-state index < -0.39 is 0 Å². The zero-order chi connectivity index (χ0) is 16.4. The van der Waals surface area contributed by atoms with E-state index in [9.17, 15) is 0 Å². The van der Waals surface area contributed by atoms with Crippen LogP contribution in [-0.4, -0.2) is 53.3 Å². The lowest BCUT2D eigenvalue weighted by Gasteiger charge is -2.48. The maximum absolute atomic E-state index is 6.30. The Hall–Kier alpha value is -1.50. The number of aromatic nitrogens is 2. The number of ether oxygens (including phenoxy) is 1. The summed E-state index contributed by atoms with van der Waals surface area (Å²) in [6.07, 6.45) is 7.62. The van der Waals surface area contributed by atoms with Crippen molar-refractivity contribution in [2.75, 3.05) is 37.7 Å². The van der Waals surface area contributed by atoms with Crippen molar-refractivity contribution in [3.8, 4) is 0 Å².